The molecular formula is C15H21N3O4S. The van der Waals surface area contributed by atoms with Crippen LogP contribution in [0.2, 0.25) is 0 Å². The highest BCUT2D eigenvalue weighted by molar-refractivity contribution is 7.90. The van der Waals surface area contributed by atoms with Gasteiger partial charge in [-0.3, -0.25) is 9.59 Å². The van der Waals surface area contributed by atoms with Gasteiger partial charge in [-0.25, -0.2) is 9.71 Å². The van der Waals surface area contributed by atoms with Crippen LogP contribution in [-0.4, -0.2) is 44.2 Å². The van der Waals surface area contributed by atoms with E-state index in [2.05, 4.69) is 9.71 Å². The number of nitrogens with zero attached hydrogens (tertiary/aromatic N) is 2. The molecule has 7 nitrogen and oxygen atoms in total. The lowest BCUT2D eigenvalue weighted by atomic mass is 9.88. The van der Waals surface area contributed by atoms with Crippen molar-refractivity contribution in [2.45, 2.75) is 37.6 Å². The number of hydrogen-bond donors (Lipinski definition) is 1. The Labute approximate surface area is 136 Å². The predicted octanol–water partition coefficient (Wildman–Crippen LogP) is 1.17. The fourth-order valence-electron chi connectivity index (χ4n) is 2.68. The minimum atomic E-state index is -4.20. The van der Waals surface area contributed by atoms with Crippen molar-refractivity contribution in [1.29, 1.82) is 0 Å². The monoisotopic (exact) mass is 339 g/mol. The molecule has 1 aromatic heterocycles. The Kier molecular flexibility index (Phi) is 4.74. The molecule has 0 saturated heterocycles. The maximum Gasteiger partial charge on any atom is 0.282 e. The SMILES string of the molecule is CN(C)C(=O)c1cccnc1S(=O)(=O)NC(=O)C1(C)CCCC1. The highest BCUT2D eigenvalue weighted by Crippen LogP contribution is 2.37. The molecule has 0 radical (unpaired) electrons. The summed E-state index contributed by atoms with van der Waals surface area (Å²) in [6.07, 6.45) is 4.39. The van der Waals surface area contributed by atoms with Gasteiger partial charge in [-0.15, -0.1) is 0 Å². The summed E-state index contributed by atoms with van der Waals surface area (Å²) in [5, 5.41) is -0.423. The Morgan fingerprint density at radius 2 is 1.87 bits per heavy atom. The van der Waals surface area contributed by atoms with E-state index in [1.807, 2.05) is 0 Å². The molecule has 1 aromatic rings. The van der Waals surface area contributed by atoms with Gasteiger partial charge >= 0.3 is 0 Å². The molecule has 126 valence electrons. The topological polar surface area (TPSA) is 96.4 Å². The number of rotatable bonds is 4. The molecule has 1 fully saturated rings. The number of amides is 2. The van der Waals surface area contributed by atoms with Crippen molar-refractivity contribution < 1.29 is 18.0 Å². The minimum absolute atomic E-state index is 0.0608. The van der Waals surface area contributed by atoms with E-state index >= 15 is 0 Å². The third kappa shape index (κ3) is 3.52. The molecule has 1 aliphatic rings. The average Bonchev–Trinajstić information content (AvgIpc) is 2.94. The van der Waals surface area contributed by atoms with Gasteiger partial charge in [-0.2, -0.15) is 8.42 Å². The van der Waals surface area contributed by atoms with E-state index in [-0.39, 0.29) is 5.56 Å². The summed E-state index contributed by atoms with van der Waals surface area (Å²) in [5.41, 5.74) is -0.748. The number of hydrogen-bond acceptors (Lipinski definition) is 5. The number of aromatic nitrogens is 1. The molecule has 0 aromatic carbocycles. The van der Waals surface area contributed by atoms with Gasteiger partial charge in [0.15, 0.2) is 5.03 Å². The maximum atomic E-state index is 12.5. The lowest BCUT2D eigenvalue weighted by Gasteiger charge is -2.22. The zero-order valence-corrected chi connectivity index (χ0v) is 14.3. The van der Waals surface area contributed by atoms with E-state index in [4.69, 9.17) is 0 Å². The molecule has 1 aliphatic carbocycles. The van der Waals surface area contributed by atoms with E-state index in [1.54, 1.807) is 6.92 Å². The van der Waals surface area contributed by atoms with Crippen molar-refractivity contribution in [3.05, 3.63) is 23.9 Å². The van der Waals surface area contributed by atoms with Crippen LogP contribution in [0.1, 0.15) is 43.0 Å². The van der Waals surface area contributed by atoms with Crippen LogP contribution in [0.25, 0.3) is 0 Å². The third-order valence-electron chi connectivity index (χ3n) is 4.14. The zero-order valence-electron chi connectivity index (χ0n) is 13.5. The van der Waals surface area contributed by atoms with Crippen LogP contribution in [0.15, 0.2) is 23.4 Å². The maximum absolute atomic E-state index is 12.5. The van der Waals surface area contributed by atoms with Crippen molar-refractivity contribution in [2.75, 3.05) is 14.1 Å². The van der Waals surface area contributed by atoms with Gasteiger partial charge in [0.05, 0.1) is 5.56 Å². The Balaban J connectivity index is 2.34. The molecule has 8 heteroatoms. The largest absolute Gasteiger partial charge is 0.345 e. The minimum Gasteiger partial charge on any atom is -0.345 e. The number of carbonyl (C=O) groups is 2. The Morgan fingerprint density at radius 1 is 1.26 bits per heavy atom. The summed E-state index contributed by atoms with van der Waals surface area (Å²) in [4.78, 5) is 29.5. The Hall–Kier alpha value is -1.96. The van der Waals surface area contributed by atoms with Crippen molar-refractivity contribution >= 4 is 21.8 Å². The zero-order chi connectivity index (χ0) is 17.3. The first-order chi connectivity index (χ1) is 10.7. The standard InChI is InChI=1S/C15H21N3O4S/c1-15(8-4-5-9-15)14(20)17-23(21,22)12-11(7-6-10-16-12)13(19)18(2)3/h6-7,10H,4-5,8-9H2,1-3H3,(H,17,20). The van der Waals surface area contributed by atoms with Gasteiger partial charge in [-0.1, -0.05) is 19.8 Å². The van der Waals surface area contributed by atoms with Gasteiger partial charge in [0.25, 0.3) is 15.9 Å². The number of pyridine rings is 1. The summed E-state index contributed by atoms with van der Waals surface area (Å²) in [5.74, 6) is -1.03. The first-order valence-electron chi connectivity index (χ1n) is 7.41. The van der Waals surface area contributed by atoms with Gasteiger partial charge < -0.3 is 4.90 Å². The molecule has 0 spiro atoms. The molecule has 0 atom stereocenters. The second-order valence-electron chi connectivity index (χ2n) is 6.26. The van der Waals surface area contributed by atoms with Crippen molar-refractivity contribution in [3.8, 4) is 0 Å². The average molecular weight is 339 g/mol. The second kappa shape index (κ2) is 6.27. The first kappa shape index (κ1) is 17.4. The summed E-state index contributed by atoms with van der Waals surface area (Å²) in [6.45, 7) is 1.76. The fraction of sp³-hybridized carbons (Fsp3) is 0.533. The van der Waals surface area contributed by atoms with E-state index in [0.29, 0.717) is 12.8 Å². The van der Waals surface area contributed by atoms with Crippen molar-refractivity contribution in [3.63, 3.8) is 0 Å². The van der Waals surface area contributed by atoms with Crippen LogP contribution in [0.4, 0.5) is 0 Å². The molecule has 0 aliphatic heterocycles. The Morgan fingerprint density at radius 3 is 2.43 bits per heavy atom. The van der Waals surface area contributed by atoms with Crippen LogP contribution in [0.5, 0.6) is 0 Å². The van der Waals surface area contributed by atoms with Gasteiger partial charge in [0, 0.05) is 25.7 Å². The van der Waals surface area contributed by atoms with E-state index < -0.39 is 32.3 Å². The second-order valence-corrected chi connectivity index (χ2v) is 7.86. The lowest BCUT2D eigenvalue weighted by molar-refractivity contribution is -0.127. The van der Waals surface area contributed by atoms with Gasteiger partial charge in [0.2, 0.25) is 5.91 Å². The summed E-state index contributed by atoms with van der Waals surface area (Å²) in [7, 11) is -1.17. The molecule has 1 saturated carbocycles. The highest BCUT2D eigenvalue weighted by Gasteiger charge is 2.39. The molecular weight excluding hydrogens is 318 g/mol. The van der Waals surface area contributed by atoms with Crippen LogP contribution >= 0.6 is 0 Å². The lowest BCUT2D eigenvalue weighted by Crippen LogP contribution is -2.41. The molecule has 23 heavy (non-hydrogen) atoms. The van der Waals surface area contributed by atoms with E-state index in [9.17, 15) is 18.0 Å². The Bertz CT molecular complexity index is 722. The first-order valence-corrected chi connectivity index (χ1v) is 8.90. The smallest absolute Gasteiger partial charge is 0.282 e. The summed E-state index contributed by atoms with van der Waals surface area (Å²) >= 11 is 0. The third-order valence-corrected chi connectivity index (χ3v) is 5.43. The molecule has 1 N–H and O–H groups in total. The van der Waals surface area contributed by atoms with Crippen molar-refractivity contribution in [1.82, 2.24) is 14.6 Å². The molecule has 0 bridgehead atoms. The number of carbonyl (C=O) groups excluding carboxylic acids is 2. The number of nitrogens with one attached hydrogen (secondary N) is 1. The molecule has 1 heterocycles. The summed E-state index contributed by atoms with van der Waals surface area (Å²) < 4.78 is 27.1. The molecule has 0 unspecified atom stereocenters. The summed E-state index contributed by atoms with van der Waals surface area (Å²) in [6, 6.07) is 2.86. The molecule has 2 rings (SSSR count). The van der Waals surface area contributed by atoms with Crippen LogP contribution < -0.4 is 4.72 Å². The van der Waals surface area contributed by atoms with Crippen LogP contribution in [0, 0.1) is 5.41 Å². The molecule has 2 amide bonds. The van der Waals surface area contributed by atoms with Gasteiger partial charge in [0.1, 0.15) is 0 Å². The predicted molar refractivity (Wildman–Crippen MR) is 84.2 cm³/mol. The fourth-order valence-corrected chi connectivity index (χ4v) is 3.92. The van der Waals surface area contributed by atoms with Gasteiger partial charge in [-0.05, 0) is 25.0 Å². The quantitative estimate of drug-likeness (QED) is 0.888. The van der Waals surface area contributed by atoms with E-state index in [0.717, 1.165) is 12.8 Å². The van der Waals surface area contributed by atoms with E-state index in [1.165, 1.54) is 37.3 Å². The van der Waals surface area contributed by atoms with Crippen LogP contribution in [0.3, 0.4) is 0 Å². The number of sulfonamides is 1. The van der Waals surface area contributed by atoms with Crippen LogP contribution in [-0.2, 0) is 14.8 Å². The van der Waals surface area contributed by atoms with Crippen molar-refractivity contribution in [2.24, 2.45) is 5.41 Å². The normalized spacial score (nSPS) is 16.8. The highest BCUT2D eigenvalue weighted by atomic mass is 32.2.